The number of benzene rings is 1. The molecule has 3 nitrogen and oxygen atoms in total. The van der Waals surface area contributed by atoms with Crippen LogP contribution < -0.4 is 4.74 Å². The van der Waals surface area contributed by atoms with Gasteiger partial charge in [-0.05, 0) is 50.6 Å². The lowest BCUT2D eigenvalue weighted by Gasteiger charge is -2.32. The lowest BCUT2D eigenvalue weighted by atomic mass is 9.94. The van der Waals surface area contributed by atoms with Gasteiger partial charge in [-0.3, -0.25) is 0 Å². The van der Waals surface area contributed by atoms with Crippen LogP contribution in [-0.4, -0.2) is 42.4 Å². The highest BCUT2D eigenvalue weighted by Gasteiger charge is 2.20. The Morgan fingerprint density at radius 2 is 2.05 bits per heavy atom. The molecule has 0 unspecified atom stereocenters. The summed E-state index contributed by atoms with van der Waals surface area (Å²) < 4.78 is 5.71. The van der Waals surface area contributed by atoms with Gasteiger partial charge in [0, 0.05) is 17.6 Å². The van der Waals surface area contributed by atoms with E-state index in [1.807, 2.05) is 25.1 Å². The molecule has 1 aliphatic carbocycles. The van der Waals surface area contributed by atoms with Crippen LogP contribution in [0.4, 0.5) is 0 Å². The predicted molar refractivity (Wildman–Crippen MR) is 87.2 cm³/mol. The fraction of sp³-hybridized carbons (Fsp3) is 0.647. The molecule has 1 atom stereocenters. The number of hydrogen-bond donors (Lipinski definition) is 1. The van der Waals surface area contributed by atoms with Crippen LogP contribution in [0.5, 0.6) is 5.75 Å². The molecule has 0 amide bonds. The number of hydrogen-bond acceptors (Lipinski definition) is 3. The number of aliphatic hydroxyl groups excluding tert-OH is 1. The van der Waals surface area contributed by atoms with Crippen molar-refractivity contribution in [1.82, 2.24) is 4.90 Å². The van der Waals surface area contributed by atoms with Crippen molar-refractivity contribution < 1.29 is 9.84 Å². The van der Waals surface area contributed by atoms with Gasteiger partial charge in [0.25, 0.3) is 0 Å². The fourth-order valence-corrected chi connectivity index (χ4v) is 3.24. The second-order valence-electron chi connectivity index (χ2n) is 6.11. The average Bonchev–Trinajstić information content (AvgIpc) is 2.47. The van der Waals surface area contributed by atoms with Gasteiger partial charge in [0.2, 0.25) is 0 Å². The first kappa shape index (κ1) is 16.6. The zero-order valence-corrected chi connectivity index (χ0v) is 13.8. The third-order valence-electron chi connectivity index (χ3n) is 4.26. The van der Waals surface area contributed by atoms with Crippen molar-refractivity contribution in [1.29, 1.82) is 0 Å². The van der Waals surface area contributed by atoms with E-state index >= 15 is 0 Å². The Morgan fingerprint density at radius 3 is 2.71 bits per heavy atom. The lowest BCUT2D eigenvalue weighted by Crippen LogP contribution is -2.40. The molecule has 1 aromatic rings. The summed E-state index contributed by atoms with van der Waals surface area (Å²) in [4.78, 5) is 2.28. The summed E-state index contributed by atoms with van der Waals surface area (Å²) in [6, 6.07) is 6.16. The van der Waals surface area contributed by atoms with Gasteiger partial charge in [-0.1, -0.05) is 30.9 Å². The quantitative estimate of drug-likeness (QED) is 0.870. The molecule has 1 saturated carbocycles. The van der Waals surface area contributed by atoms with Crippen molar-refractivity contribution in [2.24, 2.45) is 0 Å². The molecule has 0 aliphatic heterocycles. The van der Waals surface area contributed by atoms with Gasteiger partial charge >= 0.3 is 0 Å². The molecule has 2 rings (SSSR count). The number of ether oxygens (including phenoxy) is 1. The standard InChI is InChI=1S/C17H26ClNO2/c1-13-10-14(18)8-9-17(13)21-12-16(20)11-19(2)15-6-4-3-5-7-15/h8-10,15-16,20H,3-7,11-12H2,1-2H3/t16-/m1/s1. The van der Waals surface area contributed by atoms with Gasteiger partial charge in [0.15, 0.2) is 0 Å². The van der Waals surface area contributed by atoms with E-state index in [1.54, 1.807) is 0 Å². The Morgan fingerprint density at radius 1 is 1.33 bits per heavy atom. The molecule has 1 fully saturated rings. The molecular formula is C17H26ClNO2. The molecule has 0 saturated heterocycles. The van der Waals surface area contributed by atoms with E-state index in [9.17, 15) is 5.11 Å². The summed E-state index contributed by atoms with van der Waals surface area (Å²) >= 11 is 5.92. The topological polar surface area (TPSA) is 32.7 Å². The first-order chi connectivity index (χ1) is 10.1. The lowest BCUT2D eigenvalue weighted by molar-refractivity contribution is 0.0560. The van der Waals surface area contributed by atoms with E-state index in [4.69, 9.17) is 16.3 Å². The molecule has 0 heterocycles. The molecule has 1 aliphatic rings. The Balaban J connectivity index is 1.77. The van der Waals surface area contributed by atoms with Crippen LogP contribution in [0.25, 0.3) is 0 Å². The van der Waals surface area contributed by atoms with Gasteiger partial charge in [-0.2, -0.15) is 0 Å². The number of nitrogens with zero attached hydrogens (tertiary/aromatic N) is 1. The molecule has 1 aromatic carbocycles. The van der Waals surface area contributed by atoms with Gasteiger partial charge < -0.3 is 14.7 Å². The third kappa shape index (κ3) is 5.17. The van der Waals surface area contributed by atoms with Gasteiger partial charge in [0.1, 0.15) is 18.5 Å². The summed E-state index contributed by atoms with van der Waals surface area (Å²) in [6.07, 6.45) is 6.01. The van der Waals surface area contributed by atoms with E-state index in [1.165, 1.54) is 32.1 Å². The molecule has 118 valence electrons. The SMILES string of the molecule is Cc1cc(Cl)ccc1OC[C@H](O)CN(C)C1CCCCC1. The van der Waals surface area contributed by atoms with Crippen molar-refractivity contribution in [2.75, 3.05) is 20.2 Å². The van der Waals surface area contributed by atoms with Crippen LogP contribution in [-0.2, 0) is 0 Å². The van der Waals surface area contributed by atoms with Crippen molar-refractivity contribution in [3.63, 3.8) is 0 Å². The Bertz CT molecular complexity index is 446. The number of likely N-dealkylation sites (N-methyl/N-ethyl adjacent to an activating group) is 1. The summed E-state index contributed by atoms with van der Waals surface area (Å²) in [5.74, 6) is 0.791. The molecule has 0 bridgehead atoms. The first-order valence-electron chi connectivity index (χ1n) is 7.83. The maximum atomic E-state index is 10.2. The van der Waals surface area contributed by atoms with Crippen molar-refractivity contribution in [2.45, 2.75) is 51.2 Å². The summed E-state index contributed by atoms with van der Waals surface area (Å²) in [6.45, 7) is 2.94. The van der Waals surface area contributed by atoms with Crippen molar-refractivity contribution >= 4 is 11.6 Å². The van der Waals surface area contributed by atoms with Crippen LogP contribution in [0.1, 0.15) is 37.7 Å². The van der Waals surface area contributed by atoms with Gasteiger partial charge in [0.05, 0.1) is 0 Å². The normalized spacial score (nSPS) is 18.0. The monoisotopic (exact) mass is 311 g/mol. The number of aryl methyl sites for hydroxylation is 1. The van der Waals surface area contributed by atoms with Gasteiger partial charge in [-0.15, -0.1) is 0 Å². The van der Waals surface area contributed by atoms with E-state index in [0.29, 0.717) is 24.2 Å². The highest BCUT2D eigenvalue weighted by atomic mass is 35.5. The third-order valence-corrected chi connectivity index (χ3v) is 4.50. The Labute approximate surface area is 132 Å². The van der Waals surface area contributed by atoms with E-state index in [0.717, 1.165) is 11.3 Å². The van der Waals surface area contributed by atoms with Gasteiger partial charge in [-0.25, -0.2) is 0 Å². The molecule has 0 radical (unpaired) electrons. The fourth-order valence-electron chi connectivity index (χ4n) is 3.02. The van der Waals surface area contributed by atoms with E-state index in [-0.39, 0.29) is 0 Å². The van der Waals surface area contributed by atoms with Crippen LogP contribution in [0.15, 0.2) is 18.2 Å². The van der Waals surface area contributed by atoms with E-state index in [2.05, 4.69) is 11.9 Å². The molecule has 1 N–H and O–H groups in total. The predicted octanol–water partition coefficient (Wildman–Crippen LogP) is 3.65. The minimum atomic E-state index is -0.466. The number of halogens is 1. The summed E-state index contributed by atoms with van der Waals surface area (Å²) in [7, 11) is 2.10. The van der Waals surface area contributed by atoms with Crippen LogP contribution >= 0.6 is 11.6 Å². The Kier molecular flexibility index (Phi) is 6.34. The molecule has 21 heavy (non-hydrogen) atoms. The molecule has 0 spiro atoms. The van der Waals surface area contributed by atoms with Crippen LogP contribution in [0.2, 0.25) is 5.02 Å². The average molecular weight is 312 g/mol. The highest BCUT2D eigenvalue weighted by Crippen LogP contribution is 2.23. The number of aliphatic hydroxyl groups is 1. The first-order valence-corrected chi connectivity index (χ1v) is 8.21. The second kappa shape index (κ2) is 8.02. The zero-order valence-electron chi connectivity index (χ0n) is 13.0. The largest absolute Gasteiger partial charge is 0.491 e. The molecule has 4 heteroatoms. The number of rotatable bonds is 6. The second-order valence-corrected chi connectivity index (χ2v) is 6.54. The smallest absolute Gasteiger partial charge is 0.122 e. The minimum absolute atomic E-state index is 0.319. The van der Waals surface area contributed by atoms with E-state index < -0.39 is 6.10 Å². The zero-order chi connectivity index (χ0) is 15.2. The molecule has 0 aromatic heterocycles. The summed E-state index contributed by atoms with van der Waals surface area (Å²) in [5.41, 5.74) is 0.996. The summed E-state index contributed by atoms with van der Waals surface area (Å²) in [5, 5.41) is 10.9. The van der Waals surface area contributed by atoms with Crippen LogP contribution in [0, 0.1) is 6.92 Å². The van der Waals surface area contributed by atoms with Crippen LogP contribution in [0.3, 0.4) is 0 Å². The minimum Gasteiger partial charge on any atom is -0.491 e. The maximum Gasteiger partial charge on any atom is 0.122 e. The molecular weight excluding hydrogens is 286 g/mol. The maximum absolute atomic E-state index is 10.2. The van der Waals surface area contributed by atoms with Crippen molar-refractivity contribution in [3.05, 3.63) is 28.8 Å². The highest BCUT2D eigenvalue weighted by molar-refractivity contribution is 6.30. The Hall–Kier alpha value is -0.770. The van der Waals surface area contributed by atoms with Crippen molar-refractivity contribution in [3.8, 4) is 5.75 Å².